The minimum atomic E-state index is 0.190. The van der Waals surface area contributed by atoms with E-state index in [0.29, 0.717) is 23.1 Å². The van der Waals surface area contributed by atoms with Crippen molar-refractivity contribution in [3.8, 4) is 17.2 Å². The highest BCUT2D eigenvalue weighted by Crippen LogP contribution is 2.37. The maximum absolute atomic E-state index is 6.27. The monoisotopic (exact) mass is 335 g/mol. The lowest BCUT2D eigenvalue weighted by Gasteiger charge is -2.18. The van der Waals surface area contributed by atoms with Crippen LogP contribution in [0.15, 0.2) is 36.4 Å². The summed E-state index contributed by atoms with van der Waals surface area (Å²) >= 11 is 6.27. The lowest BCUT2D eigenvalue weighted by molar-refractivity contribution is 0.354. The summed E-state index contributed by atoms with van der Waals surface area (Å²) in [5.74, 6) is 2.20. The summed E-state index contributed by atoms with van der Waals surface area (Å²) in [6.07, 6.45) is 0.767. The molecule has 124 valence electrons. The van der Waals surface area contributed by atoms with Crippen LogP contribution >= 0.6 is 11.6 Å². The smallest absolute Gasteiger partial charge is 0.179 e. The molecule has 2 N–H and O–H groups in total. The molecule has 0 radical (unpaired) electrons. The molecular weight excluding hydrogens is 314 g/mol. The molecule has 0 fully saturated rings. The molecule has 0 spiro atoms. The first-order valence-corrected chi connectivity index (χ1v) is 7.75. The summed E-state index contributed by atoms with van der Waals surface area (Å²) in [7, 11) is 4.83. The molecule has 0 saturated heterocycles. The van der Waals surface area contributed by atoms with Crippen molar-refractivity contribution in [2.75, 3.05) is 27.9 Å². The Morgan fingerprint density at radius 2 is 1.70 bits per heavy atom. The molecule has 0 amide bonds. The van der Waals surface area contributed by atoms with Gasteiger partial charge in [-0.1, -0.05) is 23.7 Å². The number of ether oxygens (including phenoxy) is 3. The van der Waals surface area contributed by atoms with Crippen LogP contribution in [-0.4, -0.2) is 27.9 Å². The molecule has 2 aromatic carbocycles. The van der Waals surface area contributed by atoms with E-state index in [1.807, 2.05) is 36.4 Å². The summed E-state index contributed by atoms with van der Waals surface area (Å²) in [4.78, 5) is 0. The topological polar surface area (TPSA) is 53.7 Å². The molecule has 1 unspecified atom stereocenters. The number of benzene rings is 2. The van der Waals surface area contributed by atoms with Gasteiger partial charge in [0.15, 0.2) is 11.5 Å². The predicted molar refractivity (Wildman–Crippen MR) is 93.0 cm³/mol. The van der Waals surface area contributed by atoms with E-state index in [1.54, 1.807) is 21.3 Å². The largest absolute Gasteiger partial charge is 0.497 e. The van der Waals surface area contributed by atoms with Gasteiger partial charge in [0.1, 0.15) is 5.75 Å². The lowest BCUT2D eigenvalue weighted by atomic mass is 9.92. The second kappa shape index (κ2) is 8.09. The Balaban J connectivity index is 2.25. The summed E-state index contributed by atoms with van der Waals surface area (Å²) in [5, 5.41) is 0.535. The van der Waals surface area contributed by atoms with Gasteiger partial charge >= 0.3 is 0 Å². The highest BCUT2D eigenvalue weighted by Gasteiger charge is 2.15. The van der Waals surface area contributed by atoms with Gasteiger partial charge in [0.05, 0.1) is 26.4 Å². The fraction of sp³-hybridized carbons (Fsp3) is 0.333. The van der Waals surface area contributed by atoms with Gasteiger partial charge in [0, 0.05) is 5.92 Å². The van der Waals surface area contributed by atoms with Crippen molar-refractivity contribution in [2.45, 2.75) is 12.3 Å². The molecule has 0 aromatic heterocycles. The SMILES string of the molecule is COc1ccc(C(CN)Cc2cc(Cl)c(OC)c(OC)c2)cc1. The Hall–Kier alpha value is -1.91. The predicted octanol–water partition coefficient (Wildman–Crippen LogP) is 3.65. The molecular formula is C18H22ClNO3. The average Bonchev–Trinajstić information content (AvgIpc) is 2.59. The van der Waals surface area contributed by atoms with Gasteiger partial charge in [-0.15, -0.1) is 0 Å². The molecule has 4 nitrogen and oxygen atoms in total. The zero-order valence-electron chi connectivity index (χ0n) is 13.6. The van der Waals surface area contributed by atoms with Crippen molar-refractivity contribution >= 4 is 11.6 Å². The Morgan fingerprint density at radius 3 is 2.22 bits per heavy atom. The standard InChI is InChI=1S/C18H22ClNO3/c1-21-15-6-4-13(5-7-15)14(11-20)8-12-9-16(19)18(23-3)17(10-12)22-2/h4-7,9-10,14H,8,11,20H2,1-3H3. The highest BCUT2D eigenvalue weighted by molar-refractivity contribution is 6.32. The summed E-state index contributed by atoms with van der Waals surface area (Å²) in [5.41, 5.74) is 8.19. The van der Waals surface area contributed by atoms with Gasteiger partial charge in [-0.05, 0) is 48.4 Å². The van der Waals surface area contributed by atoms with E-state index in [4.69, 9.17) is 31.5 Å². The molecule has 0 heterocycles. The summed E-state index contributed by atoms with van der Waals surface area (Å²) < 4.78 is 15.8. The van der Waals surface area contributed by atoms with Crippen molar-refractivity contribution in [1.29, 1.82) is 0 Å². The zero-order valence-corrected chi connectivity index (χ0v) is 14.4. The minimum Gasteiger partial charge on any atom is -0.497 e. The fourth-order valence-electron chi connectivity index (χ4n) is 2.59. The van der Waals surface area contributed by atoms with E-state index in [-0.39, 0.29) is 5.92 Å². The van der Waals surface area contributed by atoms with Crippen LogP contribution in [-0.2, 0) is 6.42 Å². The van der Waals surface area contributed by atoms with Crippen molar-refractivity contribution < 1.29 is 14.2 Å². The van der Waals surface area contributed by atoms with Crippen molar-refractivity contribution in [1.82, 2.24) is 0 Å². The average molecular weight is 336 g/mol. The van der Waals surface area contributed by atoms with E-state index in [9.17, 15) is 0 Å². The molecule has 2 aromatic rings. The molecule has 0 bridgehead atoms. The number of rotatable bonds is 7. The van der Waals surface area contributed by atoms with Crippen LogP contribution in [0.5, 0.6) is 17.2 Å². The molecule has 1 atom stereocenters. The number of hydrogen-bond donors (Lipinski definition) is 1. The van der Waals surface area contributed by atoms with Crippen LogP contribution in [0.3, 0.4) is 0 Å². The van der Waals surface area contributed by atoms with Crippen molar-refractivity contribution in [3.63, 3.8) is 0 Å². The number of nitrogens with two attached hydrogens (primary N) is 1. The third-order valence-electron chi connectivity index (χ3n) is 3.85. The third kappa shape index (κ3) is 4.09. The van der Waals surface area contributed by atoms with Crippen LogP contribution in [0.4, 0.5) is 0 Å². The number of hydrogen-bond acceptors (Lipinski definition) is 4. The number of methoxy groups -OCH3 is 3. The van der Waals surface area contributed by atoms with Gasteiger partial charge in [0.25, 0.3) is 0 Å². The molecule has 0 aliphatic carbocycles. The van der Waals surface area contributed by atoms with E-state index >= 15 is 0 Å². The molecule has 5 heteroatoms. The second-order valence-corrected chi connectivity index (χ2v) is 5.63. The maximum atomic E-state index is 6.27. The quantitative estimate of drug-likeness (QED) is 0.839. The van der Waals surface area contributed by atoms with Gasteiger partial charge in [0.2, 0.25) is 0 Å². The van der Waals surface area contributed by atoms with Crippen LogP contribution in [0, 0.1) is 0 Å². The van der Waals surface area contributed by atoms with E-state index < -0.39 is 0 Å². The van der Waals surface area contributed by atoms with Gasteiger partial charge in [-0.25, -0.2) is 0 Å². The fourth-order valence-corrected chi connectivity index (χ4v) is 2.90. The first kappa shape index (κ1) is 17.4. The lowest BCUT2D eigenvalue weighted by Crippen LogP contribution is -2.15. The molecule has 0 aliphatic heterocycles. The van der Waals surface area contributed by atoms with Crippen molar-refractivity contribution in [3.05, 3.63) is 52.5 Å². The molecule has 0 saturated carbocycles. The normalized spacial score (nSPS) is 11.9. The molecule has 2 rings (SSSR count). The Bertz CT molecular complexity index is 643. The van der Waals surface area contributed by atoms with E-state index in [1.165, 1.54) is 5.56 Å². The first-order valence-electron chi connectivity index (χ1n) is 7.37. The Kier molecular flexibility index (Phi) is 6.13. The van der Waals surface area contributed by atoms with Crippen LogP contribution < -0.4 is 19.9 Å². The minimum absolute atomic E-state index is 0.190. The Morgan fingerprint density at radius 1 is 1.00 bits per heavy atom. The first-order chi connectivity index (χ1) is 11.1. The van der Waals surface area contributed by atoms with E-state index in [0.717, 1.165) is 17.7 Å². The third-order valence-corrected chi connectivity index (χ3v) is 4.13. The van der Waals surface area contributed by atoms with E-state index in [2.05, 4.69) is 0 Å². The zero-order chi connectivity index (χ0) is 16.8. The summed E-state index contributed by atoms with van der Waals surface area (Å²) in [6.45, 7) is 0.540. The highest BCUT2D eigenvalue weighted by atomic mass is 35.5. The Labute approximate surface area is 142 Å². The second-order valence-electron chi connectivity index (χ2n) is 5.22. The van der Waals surface area contributed by atoms with Gasteiger partial charge in [-0.2, -0.15) is 0 Å². The number of halogens is 1. The molecule has 0 aliphatic rings. The molecule has 23 heavy (non-hydrogen) atoms. The van der Waals surface area contributed by atoms with Gasteiger partial charge < -0.3 is 19.9 Å². The van der Waals surface area contributed by atoms with Crippen LogP contribution in [0.2, 0.25) is 5.02 Å². The summed E-state index contributed by atoms with van der Waals surface area (Å²) in [6, 6.07) is 11.8. The van der Waals surface area contributed by atoms with Crippen molar-refractivity contribution in [2.24, 2.45) is 5.73 Å². The van der Waals surface area contributed by atoms with Crippen LogP contribution in [0.1, 0.15) is 17.0 Å². The van der Waals surface area contributed by atoms with Gasteiger partial charge in [-0.3, -0.25) is 0 Å². The van der Waals surface area contributed by atoms with Crippen LogP contribution in [0.25, 0.3) is 0 Å². The maximum Gasteiger partial charge on any atom is 0.179 e.